The zero-order chi connectivity index (χ0) is 42.0. The maximum atomic E-state index is 16.1. The van der Waals surface area contributed by atoms with Gasteiger partial charge in [0.25, 0.3) is 0 Å². The molecule has 1 heterocycles. The summed E-state index contributed by atoms with van der Waals surface area (Å²) in [5.41, 5.74) is 0.137. The van der Waals surface area contributed by atoms with Crippen molar-refractivity contribution in [3.63, 3.8) is 0 Å². The maximum Gasteiger partial charge on any atom is 0.316 e. The predicted octanol–water partition coefficient (Wildman–Crippen LogP) is 12.3. The molecule has 314 valence electrons. The van der Waals surface area contributed by atoms with Crippen molar-refractivity contribution in [3.05, 3.63) is 52.6 Å². The average molecular weight is 784 g/mol. The number of hydrogen-bond acceptors (Lipinski definition) is 7. The van der Waals surface area contributed by atoms with E-state index in [1.54, 1.807) is 6.92 Å². The van der Waals surface area contributed by atoms with Crippen molar-refractivity contribution in [2.45, 2.75) is 132 Å². The number of methoxy groups -OCH3 is 1. The highest BCUT2D eigenvalue weighted by Gasteiger charge is 2.30. The highest BCUT2D eigenvalue weighted by Crippen LogP contribution is 2.38. The van der Waals surface area contributed by atoms with E-state index in [0.29, 0.717) is 30.9 Å². The van der Waals surface area contributed by atoms with Gasteiger partial charge in [-0.15, -0.1) is 0 Å². The molecule has 2 unspecified atom stereocenters. The Balaban J connectivity index is 0.00000144. The van der Waals surface area contributed by atoms with Gasteiger partial charge in [-0.05, 0) is 56.4 Å². The summed E-state index contributed by atoms with van der Waals surface area (Å²) < 4.78 is 82.6. The predicted molar refractivity (Wildman–Crippen MR) is 220 cm³/mol. The fourth-order valence-corrected chi connectivity index (χ4v) is 5.90. The Kier molecular flexibility index (Phi) is 27.0. The molecule has 3 N–H and O–H groups in total. The molecule has 0 bridgehead atoms. The van der Waals surface area contributed by atoms with E-state index >= 15 is 8.78 Å². The van der Waals surface area contributed by atoms with Gasteiger partial charge < -0.3 is 25.5 Å². The molecule has 0 saturated heterocycles. The monoisotopic (exact) mass is 784 g/mol. The summed E-state index contributed by atoms with van der Waals surface area (Å²) in [5, 5.41) is 14.0. The minimum absolute atomic E-state index is 0.0652. The summed E-state index contributed by atoms with van der Waals surface area (Å²) in [6.45, 7) is 19.7. The summed E-state index contributed by atoms with van der Waals surface area (Å²) >= 11 is 0. The Morgan fingerprint density at radius 2 is 1.65 bits per heavy atom. The number of hydrogen-bond donors (Lipinski definition) is 3. The van der Waals surface area contributed by atoms with Crippen LogP contribution in [0.5, 0.6) is 11.8 Å². The Bertz CT molecular complexity index is 1480. The number of aromatic nitrogens is 2. The second-order valence-corrected chi connectivity index (χ2v) is 13.7. The smallest absolute Gasteiger partial charge is 0.316 e. The molecule has 1 aromatic carbocycles. The molecule has 0 amide bonds. The molecule has 2 aromatic rings. The molecule has 0 radical (unpaired) electrons. The van der Waals surface area contributed by atoms with Crippen LogP contribution in [0.4, 0.5) is 22.0 Å². The molecule has 0 spiro atoms. The van der Waals surface area contributed by atoms with Crippen molar-refractivity contribution >= 4 is 23.2 Å². The van der Waals surface area contributed by atoms with Crippen LogP contribution in [0, 0.1) is 41.7 Å². The fourth-order valence-electron chi connectivity index (χ4n) is 5.90. The molecule has 3 atom stereocenters. The van der Waals surface area contributed by atoms with Crippen LogP contribution in [0.25, 0.3) is 17.0 Å². The zero-order valence-electron chi connectivity index (χ0n) is 35.4. The molecular formula is C43H70F5N5O2. The van der Waals surface area contributed by atoms with Crippen LogP contribution < -0.4 is 20.1 Å². The largest absolute Gasteiger partial charge is 0.489 e. The minimum atomic E-state index is -2.43. The van der Waals surface area contributed by atoms with Crippen molar-refractivity contribution in [3.8, 4) is 11.8 Å². The van der Waals surface area contributed by atoms with Gasteiger partial charge in [-0.25, -0.2) is 22.0 Å². The maximum absolute atomic E-state index is 16.1. The lowest BCUT2D eigenvalue weighted by atomic mass is 9.92. The number of allylic oxidation sites excluding steroid dienone is 3. The number of nitrogens with one attached hydrogen (secondary N) is 3. The van der Waals surface area contributed by atoms with Gasteiger partial charge in [-0.1, -0.05) is 93.9 Å². The Morgan fingerprint density at radius 3 is 2.20 bits per heavy atom. The normalized spacial score (nSPS) is 13.7. The summed E-state index contributed by atoms with van der Waals surface area (Å²) in [4.78, 5) is 8.38. The van der Waals surface area contributed by atoms with E-state index in [4.69, 9.17) is 14.9 Å². The second kappa shape index (κ2) is 28.8. The van der Waals surface area contributed by atoms with Gasteiger partial charge in [-0.3, -0.25) is 0 Å². The lowest BCUT2D eigenvalue weighted by molar-refractivity contribution is -0.0319. The molecule has 55 heavy (non-hydrogen) atoms. The number of unbranched alkanes of at least 4 members (excludes halogenated alkanes) is 3. The standard InChI is InChI=1S/C28H38F3N5O2.C13H26F2.C2H6/c1-7-12-34-15-20(17(3)8-2)16-38-27-23-18(4)35-28(37-6)36-26(23)24(30)21(25(27)31)13-22(33-5)19(14-32)10-9-11-29;1-4-6-8-10-13(14,15)11-12(3)9-7-5-2;1-2/h9-11,13-14,17,20,32-34H,7-8,12,15-16H2,1-6H3;12H,4-11H2,1-3H3;1-2H3/b11-9+,19-10-,22-13-,32-14?;;/t17?,20-;;/m0../s1. The van der Waals surface area contributed by atoms with Gasteiger partial charge in [0.05, 0.1) is 36.7 Å². The van der Waals surface area contributed by atoms with Crippen LogP contribution in [-0.2, 0) is 0 Å². The molecular weight excluding hydrogens is 713 g/mol. The fraction of sp³-hybridized carbons (Fsp3) is 0.651. The third-order valence-corrected chi connectivity index (χ3v) is 9.30. The molecule has 0 aliphatic rings. The van der Waals surface area contributed by atoms with E-state index in [2.05, 4.69) is 48.3 Å². The van der Waals surface area contributed by atoms with Gasteiger partial charge in [-0.2, -0.15) is 9.97 Å². The van der Waals surface area contributed by atoms with E-state index in [1.165, 1.54) is 26.3 Å². The number of rotatable bonds is 24. The van der Waals surface area contributed by atoms with Crippen molar-refractivity contribution in [1.82, 2.24) is 20.6 Å². The van der Waals surface area contributed by atoms with E-state index < -0.39 is 23.1 Å². The molecule has 12 heteroatoms. The van der Waals surface area contributed by atoms with Crippen molar-refractivity contribution < 1.29 is 31.4 Å². The van der Waals surface area contributed by atoms with E-state index in [0.717, 1.165) is 63.8 Å². The van der Waals surface area contributed by atoms with Crippen molar-refractivity contribution in [2.75, 3.05) is 33.9 Å². The molecule has 0 saturated carbocycles. The van der Waals surface area contributed by atoms with Crippen molar-refractivity contribution in [2.24, 2.45) is 17.8 Å². The summed E-state index contributed by atoms with van der Waals surface area (Å²) in [6.07, 6.45) is 12.6. The van der Waals surface area contributed by atoms with Gasteiger partial charge >= 0.3 is 6.01 Å². The number of benzene rings is 1. The average Bonchev–Trinajstić information content (AvgIpc) is 3.17. The summed E-state index contributed by atoms with van der Waals surface area (Å²) in [7, 11) is 2.89. The van der Waals surface area contributed by atoms with Crippen molar-refractivity contribution in [1.29, 1.82) is 5.41 Å². The van der Waals surface area contributed by atoms with Gasteiger partial charge in [0.15, 0.2) is 17.4 Å². The molecule has 0 aliphatic heterocycles. The Labute approximate surface area is 328 Å². The summed E-state index contributed by atoms with van der Waals surface area (Å²) in [5.74, 6) is -3.90. The Morgan fingerprint density at radius 1 is 0.982 bits per heavy atom. The van der Waals surface area contributed by atoms with Gasteiger partial charge in [0, 0.05) is 49.8 Å². The number of alkyl halides is 2. The molecule has 0 fully saturated rings. The number of likely N-dealkylation sites (N-methyl/N-ethyl adjacent to an activating group) is 1. The number of nitrogens with zero attached hydrogens (tertiary/aromatic N) is 2. The molecule has 2 rings (SSSR count). The number of ether oxygens (including phenoxy) is 2. The first-order valence-electron chi connectivity index (χ1n) is 20.1. The molecule has 7 nitrogen and oxygen atoms in total. The van der Waals surface area contributed by atoms with E-state index in [9.17, 15) is 13.2 Å². The van der Waals surface area contributed by atoms with Gasteiger partial charge in [0.2, 0.25) is 5.92 Å². The van der Waals surface area contributed by atoms with Crippen LogP contribution in [0.15, 0.2) is 29.8 Å². The highest BCUT2D eigenvalue weighted by molar-refractivity contribution is 5.92. The van der Waals surface area contributed by atoms with Crippen LogP contribution >= 0.6 is 0 Å². The zero-order valence-corrected chi connectivity index (χ0v) is 35.4. The number of halogens is 5. The van der Waals surface area contributed by atoms with Crippen LogP contribution in [0.2, 0.25) is 0 Å². The lowest BCUT2D eigenvalue weighted by Gasteiger charge is -2.25. The van der Waals surface area contributed by atoms with Crippen LogP contribution in [0.1, 0.15) is 131 Å². The van der Waals surface area contributed by atoms with Crippen LogP contribution in [-0.4, -0.2) is 56.0 Å². The minimum Gasteiger partial charge on any atom is -0.489 e. The lowest BCUT2D eigenvalue weighted by Crippen LogP contribution is -2.32. The SMILES string of the molecule is CC.CCCCCC(F)(F)CC(C)CCCC.CCCNC[C@@H](COc1c(F)c(/C=C(NC)/C(C=N)=C\C=C\F)c(F)c2nc(OC)nc(C)c12)C(C)CC. The Hall–Kier alpha value is -3.54. The third kappa shape index (κ3) is 17.9. The third-order valence-electron chi connectivity index (χ3n) is 9.30. The second-order valence-electron chi connectivity index (χ2n) is 13.7. The number of aryl methyl sites for hydroxylation is 1. The number of fused-ring (bicyclic) bond motifs is 1. The first-order valence-corrected chi connectivity index (χ1v) is 20.1. The highest BCUT2D eigenvalue weighted by atomic mass is 19.3. The topological polar surface area (TPSA) is 92.2 Å². The quantitative estimate of drug-likeness (QED) is 0.0425. The summed E-state index contributed by atoms with van der Waals surface area (Å²) in [6, 6.07) is -0.0652. The first-order chi connectivity index (χ1) is 26.3. The first kappa shape index (κ1) is 51.5. The van der Waals surface area contributed by atoms with Crippen LogP contribution in [0.3, 0.4) is 0 Å². The molecule has 1 aromatic heterocycles. The van der Waals surface area contributed by atoms with E-state index in [-0.39, 0.29) is 65.2 Å². The molecule has 0 aliphatic carbocycles. The van der Waals surface area contributed by atoms with E-state index in [1.807, 2.05) is 27.7 Å². The van der Waals surface area contributed by atoms with Gasteiger partial charge in [0.1, 0.15) is 5.52 Å².